The number of nitrogens with zero attached hydrogens (tertiary/aromatic N) is 2. The summed E-state index contributed by atoms with van der Waals surface area (Å²) in [6.07, 6.45) is 4.69. The first-order valence-electron chi connectivity index (χ1n) is 12.8. The minimum atomic E-state index is -1.18. The molecule has 8 nitrogen and oxygen atoms in total. The zero-order valence-corrected chi connectivity index (χ0v) is 22.3. The van der Waals surface area contributed by atoms with Crippen LogP contribution >= 0.6 is 0 Å². The number of likely N-dealkylation sites (tertiary alicyclic amines) is 1. The van der Waals surface area contributed by atoms with E-state index in [1.807, 2.05) is 6.07 Å². The Morgan fingerprint density at radius 2 is 1.92 bits per heavy atom. The van der Waals surface area contributed by atoms with Crippen LogP contribution in [-0.4, -0.2) is 55.9 Å². The van der Waals surface area contributed by atoms with E-state index in [0.717, 1.165) is 32.0 Å². The molecule has 9 heteroatoms. The Hall–Kier alpha value is -3.72. The van der Waals surface area contributed by atoms with Crippen molar-refractivity contribution in [3.05, 3.63) is 48.4 Å². The third-order valence-corrected chi connectivity index (χ3v) is 7.22. The standard InChI is InChI=1S/C29H34FN3O5/c1-5-29(2,18-34)28(35)32-20-6-7-25(22(30)14-20)38-24-8-11-31-23-16-27(26(36-4)15-21(23)24)37-17-19-9-12-33(3)13-10-19/h6-8,11,14-16,18-19H,5,9-10,12-13,17H2,1-4H3,(H,32,35). The summed E-state index contributed by atoms with van der Waals surface area (Å²) >= 11 is 0. The van der Waals surface area contributed by atoms with Gasteiger partial charge in [-0.2, -0.15) is 0 Å². The average Bonchev–Trinajstić information content (AvgIpc) is 2.93. The number of carbonyl (C=O) groups is 2. The molecule has 38 heavy (non-hydrogen) atoms. The Labute approximate surface area is 222 Å². The van der Waals surface area contributed by atoms with Gasteiger partial charge in [-0.15, -0.1) is 0 Å². The number of rotatable bonds is 10. The maximum atomic E-state index is 14.9. The van der Waals surface area contributed by atoms with Crippen LogP contribution in [0.5, 0.6) is 23.0 Å². The summed E-state index contributed by atoms with van der Waals surface area (Å²) in [4.78, 5) is 30.5. The Kier molecular flexibility index (Phi) is 8.46. The lowest BCUT2D eigenvalue weighted by molar-refractivity contribution is -0.131. The number of fused-ring (bicyclic) bond motifs is 1. The largest absolute Gasteiger partial charge is 0.493 e. The van der Waals surface area contributed by atoms with E-state index in [4.69, 9.17) is 14.2 Å². The predicted molar refractivity (Wildman–Crippen MR) is 144 cm³/mol. The molecule has 202 valence electrons. The number of hydrogen-bond acceptors (Lipinski definition) is 7. The highest BCUT2D eigenvalue weighted by Crippen LogP contribution is 2.38. The van der Waals surface area contributed by atoms with E-state index < -0.39 is 17.1 Å². The molecule has 1 amide bonds. The molecule has 2 aromatic carbocycles. The molecule has 1 aliphatic heterocycles. The molecule has 4 rings (SSSR count). The van der Waals surface area contributed by atoms with Crippen LogP contribution in [0.1, 0.15) is 33.1 Å². The van der Waals surface area contributed by atoms with Crippen LogP contribution in [0.2, 0.25) is 0 Å². The van der Waals surface area contributed by atoms with Crippen LogP contribution in [0.3, 0.4) is 0 Å². The smallest absolute Gasteiger partial charge is 0.237 e. The van der Waals surface area contributed by atoms with E-state index in [1.165, 1.54) is 19.1 Å². The Balaban J connectivity index is 1.52. The monoisotopic (exact) mass is 523 g/mol. The summed E-state index contributed by atoms with van der Waals surface area (Å²) in [5, 5.41) is 3.23. The first kappa shape index (κ1) is 27.3. The molecule has 1 aliphatic rings. The number of nitrogens with one attached hydrogen (secondary N) is 1. The maximum Gasteiger partial charge on any atom is 0.237 e. The van der Waals surface area contributed by atoms with E-state index in [1.54, 1.807) is 32.4 Å². The summed E-state index contributed by atoms with van der Waals surface area (Å²) in [6, 6.07) is 9.34. The van der Waals surface area contributed by atoms with Gasteiger partial charge in [-0.05, 0) is 76.5 Å². The fraction of sp³-hybridized carbons (Fsp3) is 0.414. The quantitative estimate of drug-likeness (QED) is 0.279. The van der Waals surface area contributed by atoms with Crippen LogP contribution in [0.25, 0.3) is 10.9 Å². The van der Waals surface area contributed by atoms with Gasteiger partial charge < -0.3 is 29.2 Å². The minimum Gasteiger partial charge on any atom is -0.493 e. The fourth-order valence-corrected chi connectivity index (χ4v) is 4.28. The topological polar surface area (TPSA) is 90.0 Å². The van der Waals surface area contributed by atoms with Crippen LogP contribution in [0, 0.1) is 17.2 Å². The van der Waals surface area contributed by atoms with Crippen LogP contribution in [0.4, 0.5) is 10.1 Å². The predicted octanol–water partition coefficient (Wildman–Crippen LogP) is 5.45. The van der Waals surface area contributed by atoms with Crippen molar-refractivity contribution in [3.63, 3.8) is 0 Å². The fourth-order valence-electron chi connectivity index (χ4n) is 4.28. The number of halogens is 1. The van der Waals surface area contributed by atoms with Crippen molar-refractivity contribution in [1.29, 1.82) is 0 Å². The number of benzene rings is 2. The molecular weight excluding hydrogens is 489 g/mol. The molecular formula is C29H34FN3O5. The highest BCUT2D eigenvalue weighted by Gasteiger charge is 2.31. The van der Waals surface area contributed by atoms with Crippen molar-refractivity contribution in [2.45, 2.75) is 33.1 Å². The van der Waals surface area contributed by atoms with Crippen molar-refractivity contribution in [2.24, 2.45) is 11.3 Å². The van der Waals surface area contributed by atoms with Gasteiger partial charge in [-0.3, -0.25) is 9.78 Å². The van der Waals surface area contributed by atoms with Gasteiger partial charge in [-0.25, -0.2) is 4.39 Å². The number of aromatic nitrogens is 1. The number of aldehydes is 1. The normalized spacial score (nSPS) is 16.0. The van der Waals surface area contributed by atoms with Gasteiger partial charge in [0.25, 0.3) is 0 Å². The summed E-state index contributed by atoms with van der Waals surface area (Å²) in [7, 11) is 3.70. The number of ether oxygens (including phenoxy) is 3. The van der Waals surface area contributed by atoms with Crippen LogP contribution in [0.15, 0.2) is 42.6 Å². The summed E-state index contributed by atoms with van der Waals surface area (Å²) in [5.41, 5.74) is -0.330. The number of anilines is 1. The third kappa shape index (κ3) is 6.05. The zero-order valence-electron chi connectivity index (χ0n) is 22.3. The van der Waals surface area contributed by atoms with Crippen molar-refractivity contribution >= 4 is 28.8 Å². The Morgan fingerprint density at radius 3 is 2.58 bits per heavy atom. The number of hydrogen-bond donors (Lipinski definition) is 1. The molecule has 1 aromatic heterocycles. The lowest BCUT2D eigenvalue weighted by Gasteiger charge is -2.28. The number of amides is 1. The first-order valence-corrected chi connectivity index (χ1v) is 12.8. The van der Waals surface area contributed by atoms with Gasteiger partial charge in [0.1, 0.15) is 17.5 Å². The second-order valence-electron chi connectivity index (χ2n) is 9.98. The van der Waals surface area contributed by atoms with Crippen molar-refractivity contribution < 1.29 is 28.2 Å². The molecule has 1 unspecified atom stereocenters. The molecule has 0 aliphatic carbocycles. The lowest BCUT2D eigenvalue weighted by atomic mass is 9.88. The summed E-state index contributed by atoms with van der Waals surface area (Å²) in [6.45, 7) is 6.00. The van der Waals surface area contributed by atoms with Gasteiger partial charge in [0.15, 0.2) is 23.1 Å². The molecule has 0 saturated carbocycles. The minimum absolute atomic E-state index is 0.0225. The molecule has 1 N–H and O–H groups in total. The molecule has 0 bridgehead atoms. The second kappa shape index (κ2) is 11.8. The Morgan fingerprint density at radius 1 is 1.16 bits per heavy atom. The van der Waals surface area contributed by atoms with Gasteiger partial charge >= 0.3 is 0 Å². The van der Waals surface area contributed by atoms with E-state index >= 15 is 0 Å². The van der Waals surface area contributed by atoms with E-state index in [-0.39, 0.29) is 11.4 Å². The molecule has 1 atom stereocenters. The van der Waals surface area contributed by atoms with Crippen molar-refractivity contribution in [2.75, 3.05) is 39.2 Å². The highest BCUT2D eigenvalue weighted by atomic mass is 19.1. The maximum absolute atomic E-state index is 14.9. The summed E-state index contributed by atoms with van der Waals surface area (Å²) < 4.78 is 32.6. The van der Waals surface area contributed by atoms with Crippen LogP contribution in [-0.2, 0) is 9.59 Å². The highest BCUT2D eigenvalue weighted by molar-refractivity contribution is 6.04. The van der Waals surface area contributed by atoms with E-state index in [9.17, 15) is 14.0 Å². The number of carbonyl (C=O) groups excluding carboxylic acids is 2. The number of piperidine rings is 1. The molecule has 0 radical (unpaired) electrons. The van der Waals surface area contributed by atoms with Gasteiger partial charge in [0.2, 0.25) is 5.91 Å². The molecule has 2 heterocycles. The Bertz CT molecular complexity index is 1310. The van der Waals surface area contributed by atoms with Crippen molar-refractivity contribution in [1.82, 2.24) is 9.88 Å². The molecule has 3 aromatic rings. The number of pyridine rings is 1. The first-order chi connectivity index (χ1) is 18.3. The average molecular weight is 524 g/mol. The summed E-state index contributed by atoms with van der Waals surface area (Å²) in [5.74, 6) is 0.835. The third-order valence-electron chi connectivity index (χ3n) is 7.22. The number of methoxy groups -OCH3 is 1. The second-order valence-corrected chi connectivity index (χ2v) is 9.98. The van der Waals surface area contributed by atoms with E-state index in [0.29, 0.717) is 53.4 Å². The zero-order chi connectivity index (χ0) is 27.3. The van der Waals surface area contributed by atoms with Gasteiger partial charge in [0.05, 0.1) is 19.2 Å². The van der Waals surface area contributed by atoms with Crippen LogP contribution < -0.4 is 19.5 Å². The lowest BCUT2D eigenvalue weighted by Crippen LogP contribution is -2.34. The SMILES string of the molecule is CCC(C)(C=O)C(=O)Nc1ccc(Oc2ccnc3cc(OCC4CCN(C)CC4)c(OC)cc23)c(F)c1. The molecule has 1 fully saturated rings. The van der Waals surface area contributed by atoms with E-state index in [2.05, 4.69) is 22.2 Å². The molecule has 1 saturated heterocycles. The van der Waals surface area contributed by atoms with Gasteiger partial charge in [0, 0.05) is 29.4 Å². The van der Waals surface area contributed by atoms with Crippen molar-refractivity contribution in [3.8, 4) is 23.0 Å². The van der Waals surface area contributed by atoms with Gasteiger partial charge in [-0.1, -0.05) is 6.92 Å². The molecule has 0 spiro atoms.